The Bertz CT molecular complexity index is 916. The standard InChI is InChI=1S/C20H17Br2FO5/c1-26-18(24)10-27-17-7-11(2-3-16(17)23)4-13-9-28-20-14(19(13)25)5-12(8-21)6-15(20)22/h2-3,5-7,13H,4,8-10H2,1H3/t13-/m0/s1. The number of alkyl halides is 1. The molecule has 0 amide bonds. The molecule has 1 aliphatic rings. The number of ketones is 1. The van der Waals surface area contributed by atoms with Crippen LogP contribution in [0.5, 0.6) is 11.5 Å². The van der Waals surface area contributed by atoms with Crippen molar-refractivity contribution in [3.05, 3.63) is 57.3 Å². The summed E-state index contributed by atoms with van der Waals surface area (Å²) in [4.78, 5) is 24.2. The first-order valence-corrected chi connectivity index (χ1v) is 10.4. The van der Waals surface area contributed by atoms with Crippen molar-refractivity contribution >= 4 is 43.6 Å². The minimum atomic E-state index is -0.606. The number of esters is 1. The van der Waals surface area contributed by atoms with Crippen molar-refractivity contribution in [2.75, 3.05) is 20.3 Å². The van der Waals surface area contributed by atoms with Crippen LogP contribution in [0.25, 0.3) is 0 Å². The summed E-state index contributed by atoms with van der Waals surface area (Å²) in [7, 11) is 1.23. The molecule has 2 aromatic carbocycles. The van der Waals surface area contributed by atoms with Gasteiger partial charge in [0.25, 0.3) is 0 Å². The summed E-state index contributed by atoms with van der Waals surface area (Å²) in [6, 6.07) is 8.06. The maximum absolute atomic E-state index is 13.9. The van der Waals surface area contributed by atoms with E-state index in [0.717, 1.165) is 10.0 Å². The molecule has 28 heavy (non-hydrogen) atoms. The molecule has 0 aliphatic carbocycles. The number of carbonyl (C=O) groups excluding carboxylic acids is 2. The van der Waals surface area contributed by atoms with Crippen molar-refractivity contribution in [1.29, 1.82) is 0 Å². The molecule has 0 spiro atoms. The van der Waals surface area contributed by atoms with Gasteiger partial charge in [0.05, 0.1) is 29.7 Å². The average Bonchev–Trinajstić information content (AvgIpc) is 2.70. The van der Waals surface area contributed by atoms with E-state index < -0.39 is 17.7 Å². The van der Waals surface area contributed by atoms with Crippen LogP contribution in [0.4, 0.5) is 4.39 Å². The third-order valence-corrected chi connectivity index (χ3v) is 5.61. The minimum Gasteiger partial charge on any atom is -0.491 e. The zero-order chi connectivity index (χ0) is 20.3. The lowest BCUT2D eigenvalue weighted by Crippen LogP contribution is -2.30. The van der Waals surface area contributed by atoms with Crippen molar-refractivity contribution in [2.45, 2.75) is 11.8 Å². The fraction of sp³-hybridized carbons (Fsp3) is 0.300. The SMILES string of the molecule is COC(=O)COc1cc(C[C@H]2COc3c(Br)cc(CBr)cc3C2=O)ccc1F. The van der Waals surface area contributed by atoms with Crippen LogP contribution in [-0.4, -0.2) is 32.1 Å². The van der Waals surface area contributed by atoms with E-state index in [9.17, 15) is 14.0 Å². The summed E-state index contributed by atoms with van der Waals surface area (Å²) in [5.74, 6) is -1.13. The molecule has 8 heteroatoms. The highest BCUT2D eigenvalue weighted by atomic mass is 79.9. The van der Waals surface area contributed by atoms with Crippen molar-refractivity contribution in [3.63, 3.8) is 0 Å². The first-order valence-electron chi connectivity index (χ1n) is 8.46. The van der Waals surface area contributed by atoms with Crippen LogP contribution in [0.2, 0.25) is 0 Å². The first-order chi connectivity index (χ1) is 13.4. The van der Waals surface area contributed by atoms with Gasteiger partial charge in [0, 0.05) is 5.33 Å². The van der Waals surface area contributed by atoms with E-state index in [2.05, 4.69) is 36.6 Å². The Balaban J connectivity index is 1.78. The van der Waals surface area contributed by atoms with Gasteiger partial charge in [-0.1, -0.05) is 22.0 Å². The number of ether oxygens (including phenoxy) is 3. The fourth-order valence-electron chi connectivity index (χ4n) is 2.95. The van der Waals surface area contributed by atoms with Crippen LogP contribution in [0.3, 0.4) is 0 Å². The number of hydrogen-bond donors (Lipinski definition) is 0. The predicted octanol–water partition coefficient (Wildman–Crippen LogP) is 4.47. The second kappa shape index (κ2) is 9.05. The molecule has 0 fully saturated rings. The number of fused-ring (bicyclic) bond motifs is 1. The summed E-state index contributed by atoms with van der Waals surface area (Å²) in [6.45, 7) is -0.160. The molecule has 0 saturated carbocycles. The second-order valence-electron chi connectivity index (χ2n) is 6.29. The van der Waals surface area contributed by atoms with Crippen LogP contribution in [0, 0.1) is 11.7 Å². The number of hydrogen-bond acceptors (Lipinski definition) is 5. The zero-order valence-electron chi connectivity index (χ0n) is 15.0. The lowest BCUT2D eigenvalue weighted by molar-refractivity contribution is -0.142. The van der Waals surface area contributed by atoms with E-state index in [4.69, 9.17) is 9.47 Å². The summed E-state index contributed by atoms with van der Waals surface area (Å²) >= 11 is 6.84. The second-order valence-corrected chi connectivity index (χ2v) is 7.71. The third-order valence-electron chi connectivity index (χ3n) is 4.37. The maximum Gasteiger partial charge on any atom is 0.343 e. The molecule has 0 radical (unpaired) electrons. The quantitative estimate of drug-likeness (QED) is 0.419. The lowest BCUT2D eigenvalue weighted by Gasteiger charge is -2.25. The van der Waals surface area contributed by atoms with Gasteiger partial charge in [0.1, 0.15) is 5.75 Å². The van der Waals surface area contributed by atoms with Crippen LogP contribution in [0.15, 0.2) is 34.8 Å². The van der Waals surface area contributed by atoms with E-state index >= 15 is 0 Å². The number of halogens is 3. The fourth-order valence-corrected chi connectivity index (χ4v) is 3.90. The Morgan fingerprint density at radius 2 is 2.07 bits per heavy atom. The number of benzene rings is 2. The molecular weight excluding hydrogens is 499 g/mol. The first kappa shape index (κ1) is 20.8. The highest BCUT2D eigenvalue weighted by Gasteiger charge is 2.31. The molecule has 1 atom stereocenters. The number of rotatable bonds is 6. The van der Waals surface area contributed by atoms with E-state index in [1.807, 2.05) is 12.1 Å². The maximum atomic E-state index is 13.9. The number of carbonyl (C=O) groups is 2. The largest absolute Gasteiger partial charge is 0.491 e. The van der Waals surface area contributed by atoms with E-state index in [1.54, 1.807) is 6.07 Å². The van der Waals surface area contributed by atoms with Gasteiger partial charge in [-0.25, -0.2) is 9.18 Å². The van der Waals surface area contributed by atoms with Crippen molar-refractivity contribution in [1.82, 2.24) is 0 Å². The Morgan fingerprint density at radius 1 is 1.29 bits per heavy atom. The topological polar surface area (TPSA) is 61.8 Å². The number of Topliss-reactive ketones (excluding diaryl/α,β-unsaturated/α-hetero) is 1. The van der Waals surface area contributed by atoms with Crippen molar-refractivity contribution in [2.24, 2.45) is 5.92 Å². The summed E-state index contributed by atoms with van der Waals surface area (Å²) in [5.41, 5.74) is 2.20. The Kier molecular flexibility index (Phi) is 6.72. The van der Waals surface area contributed by atoms with E-state index in [-0.39, 0.29) is 24.7 Å². The molecule has 0 aromatic heterocycles. The number of methoxy groups -OCH3 is 1. The molecule has 0 saturated heterocycles. The van der Waals surface area contributed by atoms with Gasteiger partial charge in [0.2, 0.25) is 0 Å². The minimum absolute atomic E-state index is 0.0221. The molecule has 0 unspecified atom stereocenters. The predicted molar refractivity (Wildman–Crippen MR) is 108 cm³/mol. The Labute approximate surface area is 178 Å². The molecule has 1 aliphatic heterocycles. The van der Waals surface area contributed by atoms with Gasteiger partial charge in [-0.3, -0.25) is 4.79 Å². The molecule has 148 valence electrons. The van der Waals surface area contributed by atoms with Gasteiger partial charge < -0.3 is 14.2 Å². The third kappa shape index (κ3) is 4.55. The molecule has 0 bridgehead atoms. The molecule has 3 rings (SSSR count). The van der Waals surface area contributed by atoms with Gasteiger partial charge in [-0.05, 0) is 57.7 Å². The monoisotopic (exact) mass is 514 g/mol. The molecule has 2 aromatic rings. The molecular formula is C20H17Br2FO5. The van der Waals surface area contributed by atoms with Gasteiger partial charge in [0.15, 0.2) is 24.0 Å². The van der Waals surface area contributed by atoms with E-state index in [1.165, 1.54) is 19.2 Å². The van der Waals surface area contributed by atoms with E-state index in [0.29, 0.717) is 28.6 Å². The molecule has 5 nitrogen and oxygen atoms in total. The van der Waals surface area contributed by atoms with Crippen molar-refractivity contribution < 1.29 is 28.2 Å². The zero-order valence-corrected chi connectivity index (χ0v) is 18.1. The van der Waals surface area contributed by atoms with Gasteiger partial charge in [-0.15, -0.1) is 0 Å². The van der Waals surface area contributed by atoms with Crippen molar-refractivity contribution in [3.8, 4) is 11.5 Å². The van der Waals surface area contributed by atoms with Crippen LogP contribution in [-0.2, 0) is 21.3 Å². The summed E-state index contributed by atoms with van der Waals surface area (Å²) in [6.07, 6.45) is 0.364. The Morgan fingerprint density at radius 3 is 2.79 bits per heavy atom. The van der Waals surface area contributed by atoms with Crippen LogP contribution < -0.4 is 9.47 Å². The normalized spacial score (nSPS) is 15.6. The van der Waals surface area contributed by atoms with Crippen LogP contribution in [0.1, 0.15) is 21.5 Å². The summed E-state index contributed by atoms with van der Waals surface area (Å²) < 4.78 is 30.1. The summed E-state index contributed by atoms with van der Waals surface area (Å²) in [5, 5.41) is 0.621. The lowest BCUT2D eigenvalue weighted by atomic mass is 9.89. The van der Waals surface area contributed by atoms with Crippen LogP contribution >= 0.6 is 31.9 Å². The molecule has 0 N–H and O–H groups in total. The smallest absolute Gasteiger partial charge is 0.343 e. The molecule has 1 heterocycles. The Hall–Kier alpha value is -1.93. The average molecular weight is 516 g/mol. The van der Waals surface area contributed by atoms with Gasteiger partial charge in [-0.2, -0.15) is 0 Å². The highest BCUT2D eigenvalue weighted by molar-refractivity contribution is 9.10. The highest BCUT2D eigenvalue weighted by Crippen LogP contribution is 2.37. The van der Waals surface area contributed by atoms with Gasteiger partial charge >= 0.3 is 5.97 Å².